The molecule has 0 unspecified atom stereocenters. The Bertz CT molecular complexity index is 323. The van der Waals surface area contributed by atoms with Gasteiger partial charge >= 0.3 is 0 Å². The van der Waals surface area contributed by atoms with Crippen molar-refractivity contribution in [1.29, 1.82) is 0 Å². The first-order valence-corrected chi connectivity index (χ1v) is 6.08. The summed E-state index contributed by atoms with van der Waals surface area (Å²) in [4.78, 5) is 23.6. The lowest BCUT2D eigenvalue weighted by molar-refractivity contribution is -0.131. The van der Waals surface area contributed by atoms with Crippen LogP contribution < -0.4 is 0 Å². The van der Waals surface area contributed by atoms with Crippen LogP contribution in [-0.4, -0.2) is 24.8 Å². The number of rotatable bonds is 1. The van der Waals surface area contributed by atoms with Gasteiger partial charge in [-0.15, -0.1) is 0 Å². The van der Waals surface area contributed by atoms with Crippen molar-refractivity contribution in [1.82, 2.24) is 4.90 Å². The zero-order valence-electron chi connectivity index (χ0n) is 6.16. The quantitative estimate of drug-likeness (QED) is 0.399. The molecule has 4 heteroatoms. The number of hydrogen-bond acceptors (Lipinski definition) is 2. The Balaban J connectivity index is 2.30. The van der Waals surface area contributed by atoms with Gasteiger partial charge in [0.25, 0.3) is 11.8 Å². The first-order chi connectivity index (χ1) is 5.79. The fraction of sp³-hybridized carbons (Fsp3) is 0.125. The summed E-state index contributed by atoms with van der Waals surface area (Å²) in [5.41, 5.74) is 0. The molecule has 2 rings (SSSR count). The summed E-state index contributed by atoms with van der Waals surface area (Å²) >= 11 is -0.141. The van der Waals surface area contributed by atoms with Crippen LogP contribution in [0.25, 0.3) is 0 Å². The standard InChI is InChI=1S/C8H6INO2/c11-7-3-4-8(12)10(7)6-2-1-5-9-6/h1-4H,5H2. The maximum Gasteiger partial charge on any atom is 0.258 e. The van der Waals surface area contributed by atoms with Gasteiger partial charge in [0.2, 0.25) is 0 Å². The van der Waals surface area contributed by atoms with Gasteiger partial charge in [-0.1, -0.05) is 26.8 Å². The minimum absolute atomic E-state index is 0.141. The van der Waals surface area contributed by atoms with E-state index >= 15 is 0 Å². The summed E-state index contributed by atoms with van der Waals surface area (Å²) in [5, 5.41) is 0. The molecule has 0 radical (unpaired) electrons. The van der Waals surface area contributed by atoms with Gasteiger partial charge in [-0.2, -0.15) is 0 Å². The number of imide groups is 1. The lowest BCUT2D eigenvalue weighted by Crippen LogP contribution is -2.33. The van der Waals surface area contributed by atoms with Crippen molar-refractivity contribution in [3.63, 3.8) is 0 Å². The normalized spacial score (nSPS) is 21.7. The fourth-order valence-electron chi connectivity index (χ4n) is 1.06. The van der Waals surface area contributed by atoms with Crippen LogP contribution in [0.1, 0.15) is 0 Å². The van der Waals surface area contributed by atoms with Crippen molar-refractivity contribution in [2.45, 2.75) is 0 Å². The van der Waals surface area contributed by atoms with Crippen molar-refractivity contribution < 1.29 is 9.59 Å². The molecular formula is C8H6INO2. The number of carbonyl (C=O) groups is 2. The van der Waals surface area contributed by atoms with E-state index in [-0.39, 0.29) is 32.5 Å². The molecule has 2 aliphatic rings. The van der Waals surface area contributed by atoms with E-state index < -0.39 is 0 Å². The molecule has 0 aliphatic carbocycles. The Morgan fingerprint density at radius 1 is 1.17 bits per heavy atom. The van der Waals surface area contributed by atoms with Crippen molar-refractivity contribution in [2.24, 2.45) is 0 Å². The molecule has 0 bridgehead atoms. The third kappa shape index (κ3) is 1.16. The van der Waals surface area contributed by atoms with Crippen LogP contribution in [0.15, 0.2) is 24.3 Å². The van der Waals surface area contributed by atoms with Crippen molar-refractivity contribution in [2.75, 3.05) is 4.43 Å². The smallest absolute Gasteiger partial charge is 0.258 e. The number of allylic oxidation sites excluding steroid dienone is 1. The van der Waals surface area contributed by atoms with E-state index in [0.29, 0.717) is 0 Å². The van der Waals surface area contributed by atoms with Crippen molar-refractivity contribution in [3.8, 4) is 0 Å². The topological polar surface area (TPSA) is 37.4 Å². The second-order valence-corrected chi connectivity index (χ2v) is 5.11. The Labute approximate surface area is 79.5 Å². The number of alkyl halides is 1. The zero-order valence-corrected chi connectivity index (χ0v) is 8.32. The summed E-state index contributed by atoms with van der Waals surface area (Å²) in [6.07, 6.45) is 6.55. The molecule has 3 nitrogen and oxygen atoms in total. The molecule has 0 aromatic heterocycles. The minimum Gasteiger partial charge on any atom is -0.269 e. The second kappa shape index (κ2) is 2.93. The van der Waals surface area contributed by atoms with Crippen LogP contribution >= 0.6 is 20.7 Å². The molecule has 12 heavy (non-hydrogen) atoms. The van der Waals surface area contributed by atoms with Crippen LogP contribution in [-0.2, 0) is 9.59 Å². The van der Waals surface area contributed by atoms with E-state index in [9.17, 15) is 9.59 Å². The molecule has 0 aromatic carbocycles. The molecular weight excluding hydrogens is 269 g/mol. The average molecular weight is 275 g/mol. The van der Waals surface area contributed by atoms with Gasteiger partial charge in [-0.25, -0.2) is 4.90 Å². The van der Waals surface area contributed by atoms with Crippen LogP contribution in [0.4, 0.5) is 0 Å². The SMILES string of the molecule is O=C1C=CC(=O)N1C1=ICC=C1. The van der Waals surface area contributed by atoms with E-state index in [0.717, 1.165) is 8.06 Å². The molecule has 0 atom stereocenters. The van der Waals surface area contributed by atoms with E-state index in [1.54, 1.807) is 0 Å². The molecule has 0 aromatic rings. The van der Waals surface area contributed by atoms with Gasteiger partial charge in [-0.3, -0.25) is 9.59 Å². The highest BCUT2D eigenvalue weighted by atomic mass is 127. The molecule has 2 heterocycles. The average Bonchev–Trinajstić information content (AvgIpc) is 2.61. The number of carbonyl (C=O) groups excluding carboxylic acids is 2. The molecule has 0 N–H and O–H groups in total. The summed E-state index contributed by atoms with van der Waals surface area (Å²) in [6.45, 7) is 0. The largest absolute Gasteiger partial charge is 0.269 e. The minimum atomic E-state index is -0.193. The lowest BCUT2D eigenvalue weighted by Gasteiger charge is -2.11. The predicted molar refractivity (Wildman–Crippen MR) is 54.0 cm³/mol. The zero-order chi connectivity index (χ0) is 8.55. The molecule has 2 aliphatic heterocycles. The summed E-state index contributed by atoms with van der Waals surface area (Å²) in [7, 11) is 0. The highest BCUT2D eigenvalue weighted by molar-refractivity contribution is 14.2. The Morgan fingerprint density at radius 2 is 1.83 bits per heavy atom. The number of amides is 2. The highest BCUT2D eigenvalue weighted by Gasteiger charge is 2.26. The van der Waals surface area contributed by atoms with Gasteiger partial charge in [0.1, 0.15) is 0 Å². The maximum absolute atomic E-state index is 11.2. The van der Waals surface area contributed by atoms with Gasteiger partial charge in [-0.05, 0) is 6.08 Å². The first kappa shape index (κ1) is 7.85. The number of halogens is 1. The van der Waals surface area contributed by atoms with Crippen LogP contribution in [0, 0.1) is 0 Å². The molecule has 0 saturated heterocycles. The third-order valence-electron chi connectivity index (χ3n) is 1.58. The maximum atomic E-state index is 11.2. The molecule has 2 amide bonds. The van der Waals surface area contributed by atoms with Gasteiger partial charge in [0.15, 0.2) is 0 Å². The summed E-state index contributed by atoms with van der Waals surface area (Å²) < 4.78 is 1.96. The van der Waals surface area contributed by atoms with E-state index in [2.05, 4.69) is 0 Å². The first-order valence-electron chi connectivity index (χ1n) is 3.48. The summed E-state index contributed by atoms with van der Waals surface area (Å²) in [6, 6.07) is 0. The van der Waals surface area contributed by atoms with E-state index in [1.165, 1.54) is 17.1 Å². The molecule has 62 valence electrons. The molecule has 0 saturated carbocycles. The monoisotopic (exact) mass is 275 g/mol. The highest BCUT2D eigenvalue weighted by Crippen LogP contribution is 2.17. The van der Waals surface area contributed by atoms with Crippen LogP contribution in [0.3, 0.4) is 0 Å². The Morgan fingerprint density at radius 3 is 2.33 bits per heavy atom. The Kier molecular flexibility index (Phi) is 1.92. The lowest BCUT2D eigenvalue weighted by atomic mass is 10.4. The number of hydrogen-bond donors (Lipinski definition) is 0. The predicted octanol–water partition coefficient (Wildman–Crippen LogP) is 0.582. The third-order valence-corrected chi connectivity index (χ3v) is 4.15. The number of nitrogens with zero attached hydrogens (tertiary/aromatic N) is 1. The molecule has 0 fully saturated rings. The molecule has 0 spiro atoms. The van der Waals surface area contributed by atoms with E-state index in [1.807, 2.05) is 12.2 Å². The summed E-state index contributed by atoms with van der Waals surface area (Å²) in [5.74, 6) is -0.387. The van der Waals surface area contributed by atoms with Crippen molar-refractivity contribution in [3.05, 3.63) is 24.3 Å². The van der Waals surface area contributed by atoms with Gasteiger partial charge in [0.05, 0.1) is 3.63 Å². The van der Waals surface area contributed by atoms with Crippen molar-refractivity contribution >= 4 is 36.2 Å². The van der Waals surface area contributed by atoms with Gasteiger partial charge in [0, 0.05) is 16.6 Å². The van der Waals surface area contributed by atoms with Crippen LogP contribution in [0.5, 0.6) is 0 Å². The van der Waals surface area contributed by atoms with Gasteiger partial charge < -0.3 is 0 Å². The second-order valence-electron chi connectivity index (χ2n) is 2.36. The fourth-order valence-corrected chi connectivity index (χ4v) is 3.34. The Hall–Kier alpha value is -0.780. The van der Waals surface area contributed by atoms with Crippen LogP contribution in [0.2, 0.25) is 0 Å². The van der Waals surface area contributed by atoms with E-state index in [4.69, 9.17) is 0 Å².